The number of hydrogen-bond acceptors (Lipinski definition) is 2. The lowest BCUT2D eigenvalue weighted by Crippen LogP contribution is -2.32. The van der Waals surface area contributed by atoms with Crippen LogP contribution in [-0.4, -0.2) is 15.8 Å². The van der Waals surface area contributed by atoms with Crippen LogP contribution in [0.15, 0.2) is 12.3 Å². The third-order valence-corrected chi connectivity index (χ3v) is 5.14. The fraction of sp³-hybridized carbons (Fsp3) is 0.812. The molecule has 0 spiro atoms. The average Bonchev–Trinajstić information content (AvgIpc) is 3.33. The van der Waals surface area contributed by atoms with Crippen molar-refractivity contribution < 1.29 is 0 Å². The topological polar surface area (TPSA) is 29.9 Å². The molecule has 4 rings (SSSR count). The largest absolute Gasteiger partial charge is 0.308 e. The molecule has 1 heterocycles. The van der Waals surface area contributed by atoms with Crippen LogP contribution in [0, 0.1) is 11.8 Å². The Hall–Kier alpha value is -0.830. The van der Waals surface area contributed by atoms with Crippen LogP contribution in [0.2, 0.25) is 0 Å². The maximum Gasteiger partial charge on any atom is 0.0762 e. The van der Waals surface area contributed by atoms with Crippen molar-refractivity contribution in [3.05, 3.63) is 18.0 Å². The van der Waals surface area contributed by atoms with Gasteiger partial charge in [0.2, 0.25) is 0 Å². The predicted molar refractivity (Wildman–Crippen MR) is 75.8 cm³/mol. The molecule has 1 aromatic heterocycles. The molecule has 19 heavy (non-hydrogen) atoms. The van der Waals surface area contributed by atoms with Crippen molar-refractivity contribution in [1.29, 1.82) is 0 Å². The molecule has 0 aromatic carbocycles. The summed E-state index contributed by atoms with van der Waals surface area (Å²) in [7, 11) is 0. The maximum atomic E-state index is 4.78. The van der Waals surface area contributed by atoms with Crippen molar-refractivity contribution in [2.75, 3.05) is 0 Å². The van der Waals surface area contributed by atoms with Gasteiger partial charge in [0, 0.05) is 18.8 Å². The molecule has 1 aromatic rings. The molecule has 3 nitrogen and oxygen atoms in total. The van der Waals surface area contributed by atoms with Crippen LogP contribution in [0.25, 0.3) is 0 Å². The van der Waals surface area contributed by atoms with Gasteiger partial charge in [0.1, 0.15) is 0 Å². The van der Waals surface area contributed by atoms with Crippen LogP contribution in [0.1, 0.15) is 63.1 Å². The van der Waals surface area contributed by atoms with Gasteiger partial charge >= 0.3 is 0 Å². The highest BCUT2D eigenvalue weighted by atomic mass is 15.3. The molecule has 3 aliphatic rings. The second kappa shape index (κ2) is 4.93. The SMILES string of the molecule is c1cn(C2CCCC2)nc1CNC(C1CC1)C1CC1. The zero-order valence-corrected chi connectivity index (χ0v) is 11.7. The van der Waals surface area contributed by atoms with E-state index in [-0.39, 0.29) is 0 Å². The van der Waals surface area contributed by atoms with E-state index in [2.05, 4.69) is 22.3 Å². The van der Waals surface area contributed by atoms with E-state index >= 15 is 0 Å². The van der Waals surface area contributed by atoms with E-state index in [1.54, 1.807) is 0 Å². The van der Waals surface area contributed by atoms with Gasteiger partial charge in [-0.05, 0) is 56.4 Å². The number of nitrogens with zero attached hydrogens (tertiary/aromatic N) is 2. The monoisotopic (exact) mass is 259 g/mol. The van der Waals surface area contributed by atoms with Crippen molar-refractivity contribution >= 4 is 0 Å². The molecule has 3 fully saturated rings. The summed E-state index contributed by atoms with van der Waals surface area (Å²) in [6.07, 6.45) is 13.4. The lowest BCUT2D eigenvalue weighted by molar-refractivity contribution is 0.408. The number of nitrogens with one attached hydrogen (secondary N) is 1. The van der Waals surface area contributed by atoms with E-state index in [4.69, 9.17) is 5.10 Å². The Morgan fingerprint density at radius 3 is 2.42 bits per heavy atom. The van der Waals surface area contributed by atoms with Crippen LogP contribution < -0.4 is 5.32 Å². The first kappa shape index (κ1) is 12.0. The first-order valence-electron chi connectivity index (χ1n) is 8.17. The summed E-state index contributed by atoms with van der Waals surface area (Å²) in [5.74, 6) is 1.95. The molecule has 0 aliphatic heterocycles. The van der Waals surface area contributed by atoms with E-state index in [9.17, 15) is 0 Å². The van der Waals surface area contributed by atoms with Gasteiger partial charge in [-0.3, -0.25) is 4.68 Å². The van der Waals surface area contributed by atoms with Crippen LogP contribution >= 0.6 is 0 Å². The highest BCUT2D eigenvalue weighted by molar-refractivity contribution is 5.03. The maximum absolute atomic E-state index is 4.78. The van der Waals surface area contributed by atoms with Gasteiger partial charge in [-0.25, -0.2) is 0 Å². The fourth-order valence-corrected chi connectivity index (χ4v) is 3.70. The third-order valence-electron chi connectivity index (χ3n) is 5.14. The molecule has 0 unspecified atom stereocenters. The van der Waals surface area contributed by atoms with Crippen molar-refractivity contribution in [3.63, 3.8) is 0 Å². The molecule has 0 amide bonds. The molecule has 0 radical (unpaired) electrons. The van der Waals surface area contributed by atoms with Crippen LogP contribution in [-0.2, 0) is 6.54 Å². The van der Waals surface area contributed by atoms with E-state index in [1.807, 2.05) is 0 Å². The minimum absolute atomic E-state index is 0.677. The van der Waals surface area contributed by atoms with Crippen molar-refractivity contribution in [3.8, 4) is 0 Å². The predicted octanol–water partition coefficient (Wildman–Crippen LogP) is 3.28. The first-order valence-corrected chi connectivity index (χ1v) is 8.17. The Labute approximate surface area is 115 Å². The van der Waals surface area contributed by atoms with Gasteiger partial charge < -0.3 is 5.32 Å². The van der Waals surface area contributed by atoms with Gasteiger partial charge in [-0.2, -0.15) is 5.10 Å². The molecule has 3 heteroatoms. The Morgan fingerprint density at radius 2 is 1.79 bits per heavy atom. The Bertz CT molecular complexity index is 413. The molecule has 3 aliphatic carbocycles. The molecule has 0 bridgehead atoms. The number of rotatable bonds is 6. The second-order valence-corrected chi connectivity index (χ2v) is 6.81. The van der Waals surface area contributed by atoms with E-state index < -0.39 is 0 Å². The lowest BCUT2D eigenvalue weighted by Gasteiger charge is -2.16. The third kappa shape index (κ3) is 2.71. The highest BCUT2D eigenvalue weighted by Crippen LogP contribution is 2.44. The minimum Gasteiger partial charge on any atom is -0.308 e. The van der Waals surface area contributed by atoms with Crippen molar-refractivity contribution in [2.45, 2.75) is 70.0 Å². The standard InChI is InChI=1S/C16H25N3/c1-2-4-15(3-1)19-10-9-14(18-19)11-17-16(12-5-6-12)13-7-8-13/h9-10,12-13,15-17H,1-8,11H2. The molecule has 0 atom stereocenters. The molecule has 3 saturated carbocycles. The Morgan fingerprint density at radius 1 is 1.11 bits per heavy atom. The highest BCUT2D eigenvalue weighted by Gasteiger charge is 2.41. The van der Waals surface area contributed by atoms with E-state index in [0.29, 0.717) is 6.04 Å². The Balaban J connectivity index is 1.34. The van der Waals surface area contributed by atoms with Gasteiger partial charge in [0.05, 0.1) is 11.7 Å². The quantitative estimate of drug-likeness (QED) is 0.849. The lowest BCUT2D eigenvalue weighted by atomic mass is 10.1. The van der Waals surface area contributed by atoms with Crippen molar-refractivity contribution in [1.82, 2.24) is 15.1 Å². The molecule has 0 saturated heterocycles. The van der Waals surface area contributed by atoms with Crippen LogP contribution in [0.5, 0.6) is 0 Å². The van der Waals surface area contributed by atoms with Crippen molar-refractivity contribution in [2.24, 2.45) is 11.8 Å². The zero-order chi connectivity index (χ0) is 12.7. The van der Waals surface area contributed by atoms with E-state index in [1.165, 1.54) is 57.1 Å². The number of aromatic nitrogens is 2. The summed E-state index contributed by atoms with van der Waals surface area (Å²) in [6, 6.07) is 3.68. The van der Waals surface area contributed by atoms with Crippen LogP contribution in [0.4, 0.5) is 0 Å². The van der Waals surface area contributed by atoms with Gasteiger partial charge in [-0.15, -0.1) is 0 Å². The van der Waals surface area contributed by atoms with E-state index in [0.717, 1.165) is 24.4 Å². The molecule has 1 N–H and O–H groups in total. The molecular formula is C16H25N3. The van der Waals surface area contributed by atoms with Gasteiger partial charge in [0.25, 0.3) is 0 Å². The summed E-state index contributed by atoms with van der Waals surface area (Å²) < 4.78 is 2.22. The van der Waals surface area contributed by atoms with Crippen LogP contribution in [0.3, 0.4) is 0 Å². The first-order chi connectivity index (χ1) is 9.40. The Kier molecular flexibility index (Phi) is 3.10. The summed E-state index contributed by atoms with van der Waals surface area (Å²) in [4.78, 5) is 0. The summed E-state index contributed by atoms with van der Waals surface area (Å²) in [5.41, 5.74) is 1.23. The van der Waals surface area contributed by atoms with Gasteiger partial charge in [-0.1, -0.05) is 12.8 Å². The summed E-state index contributed by atoms with van der Waals surface area (Å²) in [5, 5.41) is 8.57. The second-order valence-electron chi connectivity index (χ2n) is 6.81. The molecular weight excluding hydrogens is 234 g/mol. The average molecular weight is 259 g/mol. The normalized spacial score (nSPS) is 24.5. The molecule has 104 valence electrons. The summed E-state index contributed by atoms with van der Waals surface area (Å²) >= 11 is 0. The summed E-state index contributed by atoms with van der Waals surface area (Å²) in [6.45, 7) is 0.970. The minimum atomic E-state index is 0.677. The number of hydrogen-bond donors (Lipinski definition) is 1. The van der Waals surface area contributed by atoms with Gasteiger partial charge in [0.15, 0.2) is 0 Å². The smallest absolute Gasteiger partial charge is 0.0762 e. The zero-order valence-electron chi connectivity index (χ0n) is 11.7. The fourth-order valence-electron chi connectivity index (χ4n) is 3.70.